The van der Waals surface area contributed by atoms with Gasteiger partial charge in [-0.25, -0.2) is 4.79 Å². The fourth-order valence-electron chi connectivity index (χ4n) is 5.84. The fraction of sp³-hybridized carbons (Fsp3) is 0.556. The van der Waals surface area contributed by atoms with Gasteiger partial charge in [-0.1, -0.05) is 50.6 Å². The van der Waals surface area contributed by atoms with Crippen molar-refractivity contribution in [1.82, 2.24) is 10.2 Å². The number of hydrogen-bond donors (Lipinski definition) is 1. The molecule has 0 aromatic heterocycles. The summed E-state index contributed by atoms with van der Waals surface area (Å²) in [6.07, 6.45) is 11.5. The van der Waals surface area contributed by atoms with E-state index in [0.717, 1.165) is 74.8 Å². The van der Waals surface area contributed by atoms with Crippen molar-refractivity contribution in [1.29, 1.82) is 0 Å². The molecular weight excluding hydrogens is 556 g/mol. The van der Waals surface area contributed by atoms with Gasteiger partial charge in [-0.15, -0.1) is 0 Å². The van der Waals surface area contributed by atoms with Gasteiger partial charge in [-0.3, -0.25) is 4.79 Å². The second-order valence-electron chi connectivity index (χ2n) is 12.3. The van der Waals surface area contributed by atoms with Crippen LogP contribution in [0.4, 0.5) is 4.79 Å². The topological polar surface area (TPSA) is 86.3 Å². The van der Waals surface area contributed by atoms with Crippen molar-refractivity contribution in [2.24, 2.45) is 5.92 Å². The molecule has 0 heterocycles. The summed E-state index contributed by atoms with van der Waals surface area (Å²) in [7, 11) is 7.25. The van der Waals surface area contributed by atoms with Crippen molar-refractivity contribution < 1.29 is 28.5 Å². The molecule has 8 nitrogen and oxygen atoms in total. The fourth-order valence-corrected chi connectivity index (χ4v) is 5.84. The number of methoxy groups -OCH3 is 2. The van der Waals surface area contributed by atoms with E-state index in [1.807, 2.05) is 32.3 Å². The van der Waals surface area contributed by atoms with E-state index in [1.54, 1.807) is 19.2 Å². The summed E-state index contributed by atoms with van der Waals surface area (Å²) in [6.45, 7) is 5.40. The first kappa shape index (κ1) is 35.0. The Kier molecular flexibility index (Phi) is 14.1. The summed E-state index contributed by atoms with van der Waals surface area (Å²) in [5, 5.41) is 2.97. The van der Waals surface area contributed by atoms with Crippen molar-refractivity contribution in [3.8, 4) is 17.2 Å². The molecule has 1 atom stereocenters. The molecule has 8 heteroatoms. The number of amides is 1. The van der Waals surface area contributed by atoms with E-state index in [0.29, 0.717) is 24.6 Å². The SMILES string of the molecule is COc1ccc(C(CN(C)C)C2(OC(=O)Oc3ccc(CNC(=O)CCCCC=CC(C)C)cc3OC)CCCCC2)cc1. The smallest absolute Gasteiger partial charge is 0.497 e. The van der Waals surface area contributed by atoms with Crippen LogP contribution in [0.15, 0.2) is 54.6 Å². The Balaban J connectivity index is 1.65. The van der Waals surface area contributed by atoms with Gasteiger partial charge in [0, 0.05) is 25.4 Å². The number of nitrogens with one attached hydrogen (secondary N) is 1. The van der Waals surface area contributed by atoms with E-state index in [-0.39, 0.29) is 17.6 Å². The third kappa shape index (κ3) is 10.9. The van der Waals surface area contributed by atoms with Gasteiger partial charge in [0.15, 0.2) is 11.5 Å². The Morgan fingerprint density at radius 2 is 1.68 bits per heavy atom. The zero-order chi connectivity index (χ0) is 32.0. The number of ether oxygens (including phenoxy) is 4. The van der Waals surface area contributed by atoms with Crippen molar-refractivity contribution in [3.05, 3.63) is 65.7 Å². The number of allylic oxidation sites excluding steroid dienone is 2. The third-order valence-corrected chi connectivity index (χ3v) is 8.14. The van der Waals surface area contributed by atoms with Crippen LogP contribution in [0.3, 0.4) is 0 Å². The molecule has 0 aliphatic heterocycles. The minimum Gasteiger partial charge on any atom is -0.497 e. The summed E-state index contributed by atoms with van der Waals surface area (Å²) < 4.78 is 23.0. The van der Waals surface area contributed by atoms with Crippen molar-refractivity contribution in [3.63, 3.8) is 0 Å². The predicted octanol–water partition coefficient (Wildman–Crippen LogP) is 7.66. The molecule has 1 aliphatic rings. The standard InChI is InChI=1S/C36H52N2O6/c1-27(2)14-10-7-8-11-15-34(39)37-25-28-16-21-32(33(24-28)42-6)43-35(40)44-36(22-12-9-13-23-36)31(26-38(3)4)29-17-19-30(41-5)20-18-29/h10,14,16-21,24,27,31H,7-9,11-13,15,22-23,25-26H2,1-6H3,(H,37,39). The Hall–Kier alpha value is -3.52. The maximum atomic E-state index is 13.4. The largest absolute Gasteiger partial charge is 0.514 e. The second kappa shape index (κ2) is 17.7. The van der Waals surface area contributed by atoms with E-state index < -0.39 is 11.8 Å². The van der Waals surface area contributed by atoms with Gasteiger partial charge < -0.3 is 29.2 Å². The van der Waals surface area contributed by atoms with E-state index in [2.05, 4.69) is 48.3 Å². The van der Waals surface area contributed by atoms with Gasteiger partial charge in [0.2, 0.25) is 5.91 Å². The highest BCUT2D eigenvalue weighted by Gasteiger charge is 2.45. The molecule has 1 saturated carbocycles. The van der Waals surface area contributed by atoms with Gasteiger partial charge >= 0.3 is 6.16 Å². The number of benzene rings is 2. The molecule has 1 amide bonds. The summed E-state index contributed by atoms with van der Waals surface area (Å²) in [5.74, 6) is 2.00. The number of nitrogens with zero attached hydrogens (tertiary/aromatic N) is 1. The van der Waals surface area contributed by atoms with Crippen LogP contribution in [0.25, 0.3) is 0 Å². The van der Waals surface area contributed by atoms with E-state index >= 15 is 0 Å². The lowest BCUT2D eigenvalue weighted by atomic mass is 9.72. The number of hydrogen-bond acceptors (Lipinski definition) is 7. The summed E-state index contributed by atoms with van der Waals surface area (Å²) in [4.78, 5) is 27.9. The molecule has 44 heavy (non-hydrogen) atoms. The summed E-state index contributed by atoms with van der Waals surface area (Å²) >= 11 is 0. The zero-order valence-corrected chi connectivity index (χ0v) is 27.5. The quantitative estimate of drug-likeness (QED) is 0.0906. The van der Waals surface area contributed by atoms with Crippen molar-refractivity contribution >= 4 is 12.1 Å². The number of rotatable bonds is 16. The molecule has 2 aromatic carbocycles. The average molecular weight is 609 g/mol. The normalized spacial score (nSPS) is 15.3. The Morgan fingerprint density at radius 1 is 0.955 bits per heavy atom. The molecule has 2 aromatic rings. The van der Waals surface area contributed by atoms with Crippen molar-refractivity contribution in [2.75, 3.05) is 34.9 Å². The van der Waals surface area contributed by atoms with Gasteiger partial charge in [-0.05, 0) is 100 Å². The molecule has 0 radical (unpaired) electrons. The number of unbranched alkanes of at least 4 members (excludes halogenated alkanes) is 2. The van der Waals surface area contributed by atoms with E-state index in [1.165, 1.54) is 7.11 Å². The monoisotopic (exact) mass is 608 g/mol. The molecule has 1 N–H and O–H groups in total. The first-order chi connectivity index (χ1) is 21.2. The summed E-state index contributed by atoms with van der Waals surface area (Å²) in [5.41, 5.74) is 1.25. The minimum absolute atomic E-state index is 0.0163. The molecule has 1 fully saturated rings. The minimum atomic E-state index is -0.744. The molecule has 0 saturated heterocycles. The van der Waals surface area contributed by atoms with Gasteiger partial charge in [0.25, 0.3) is 0 Å². The molecule has 0 bridgehead atoms. The van der Waals surface area contributed by atoms with Crippen LogP contribution >= 0.6 is 0 Å². The first-order valence-electron chi connectivity index (χ1n) is 16.0. The predicted molar refractivity (Wildman–Crippen MR) is 175 cm³/mol. The van der Waals surface area contributed by atoms with Gasteiger partial charge in [-0.2, -0.15) is 0 Å². The average Bonchev–Trinajstić information content (AvgIpc) is 3.01. The van der Waals surface area contributed by atoms with Crippen LogP contribution in [-0.4, -0.2) is 57.4 Å². The highest BCUT2D eigenvalue weighted by Crippen LogP contribution is 2.44. The lowest BCUT2D eigenvalue weighted by Crippen LogP contribution is -2.47. The number of carbonyl (C=O) groups excluding carboxylic acids is 2. The Bertz CT molecular complexity index is 1200. The van der Waals surface area contributed by atoms with E-state index in [4.69, 9.17) is 18.9 Å². The van der Waals surface area contributed by atoms with E-state index in [9.17, 15) is 9.59 Å². The number of carbonyl (C=O) groups is 2. The van der Waals surface area contributed by atoms with Crippen LogP contribution in [0, 0.1) is 5.92 Å². The third-order valence-electron chi connectivity index (χ3n) is 8.14. The maximum absolute atomic E-state index is 13.4. The lowest BCUT2D eigenvalue weighted by Gasteiger charge is -2.43. The first-order valence-corrected chi connectivity index (χ1v) is 16.0. The Labute approximate surface area is 264 Å². The molecule has 1 aliphatic carbocycles. The maximum Gasteiger partial charge on any atom is 0.514 e. The Morgan fingerprint density at radius 3 is 2.32 bits per heavy atom. The van der Waals surface area contributed by atoms with Crippen molar-refractivity contribution in [2.45, 2.75) is 89.7 Å². The molecule has 3 rings (SSSR count). The van der Waals surface area contributed by atoms with Crippen LogP contribution in [0.5, 0.6) is 17.2 Å². The second-order valence-corrected chi connectivity index (χ2v) is 12.3. The van der Waals surface area contributed by atoms with Crippen LogP contribution in [-0.2, 0) is 16.1 Å². The van der Waals surface area contributed by atoms with Crippen LogP contribution in [0.1, 0.15) is 88.7 Å². The zero-order valence-electron chi connectivity index (χ0n) is 27.5. The van der Waals surface area contributed by atoms with Gasteiger partial charge in [0.05, 0.1) is 14.2 Å². The van der Waals surface area contributed by atoms with Crippen LogP contribution < -0.4 is 19.5 Å². The molecule has 1 unspecified atom stereocenters. The highest BCUT2D eigenvalue weighted by atomic mass is 16.7. The van der Waals surface area contributed by atoms with Gasteiger partial charge in [0.1, 0.15) is 11.4 Å². The highest BCUT2D eigenvalue weighted by molar-refractivity contribution is 5.75. The molecular formula is C36H52N2O6. The van der Waals surface area contributed by atoms with Crippen LogP contribution in [0.2, 0.25) is 0 Å². The number of likely N-dealkylation sites (N-methyl/N-ethyl adjacent to an activating group) is 1. The molecule has 242 valence electrons. The summed E-state index contributed by atoms with van der Waals surface area (Å²) in [6, 6.07) is 13.3. The molecule has 0 spiro atoms. The lowest BCUT2D eigenvalue weighted by molar-refractivity contribution is -0.121.